The predicted octanol–water partition coefficient (Wildman–Crippen LogP) is 1.80. The second-order valence-electron chi connectivity index (χ2n) is 4.71. The summed E-state index contributed by atoms with van der Waals surface area (Å²) in [4.78, 5) is 17.0. The van der Waals surface area contributed by atoms with Crippen LogP contribution >= 0.6 is 0 Å². The molecule has 100 valence electrons. The highest BCUT2D eigenvalue weighted by Crippen LogP contribution is 2.19. The number of hydrogen-bond acceptors (Lipinski definition) is 3. The maximum absolute atomic E-state index is 11.3. The molecule has 1 aromatic heterocycles. The van der Waals surface area contributed by atoms with E-state index < -0.39 is 5.97 Å². The second kappa shape index (κ2) is 4.93. The highest BCUT2D eigenvalue weighted by Gasteiger charge is 2.20. The molecular weight excluding hydrogens is 246 g/mol. The molecule has 5 heteroatoms. The second-order valence-corrected chi connectivity index (χ2v) is 4.71. The molecule has 0 aliphatic carbocycles. The summed E-state index contributed by atoms with van der Waals surface area (Å²) in [7, 11) is 0. The molecule has 19 heavy (non-hydrogen) atoms. The lowest BCUT2D eigenvalue weighted by Gasteiger charge is -2.13. The quantitative estimate of drug-likeness (QED) is 0.911. The Morgan fingerprint density at radius 1 is 1.47 bits per heavy atom. The van der Waals surface area contributed by atoms with Gasteiger partial charge in [-0.25, -0.2) is 4.79 Å². The topological polar surface area (TPSA) is 60.7 Å². The van der Waals surface area contributed by atoms with Gasteiger partial charge in [-0.2, -0.15) is 4.73 Å². The molecular formula is C14H15NO4. The van der Waals surface area contributed by atoms with E-state index in [0.29, 0.717) is 19.1 Å². The van der Waals surface area contributed by atoms with Gasteiger partial charge in [-0.3, -0.25) is 0 Å². The number of ether oxygens (including phenoxy) is 1. The number of carboxylic acid groups (broad SMARTS) is 1. The van der Waals surface area contributed by atoms with Crippen LogP contribution in [0.25, 0.3) is 10.9 Å². The average molecular weight is 261 g/mol. The highest BCUT2D eigenvalue weighted by molar-refractivity contribution is 5.94. The van der Waals surface area contributed by atoms with Gasteiger partial charge in [0.1, 0.15) is 6.61 Å². The molecule has 1 N–H and O–H groups in total. The number of fused-ring (bicyclic) bond motifs is 1. The summed E-state index contributed by atoms with van der Waals surface area (Å²) >= 11 is 0. The third-order valence-electron chi connectivity index (χ3n) is 3.35. The van der Waals surface area contributed by atoms with Crippen molar-refractivity contribution in [3.8, 4) is 0 Å². The summed E-state index contributed by atoms with van der Waals surface area (Å²) < 4.78 is 6.70. The molecule has 0 radical (unpaired) electrons. The number of aromatic carboxylic acids is 1. The molecule has 0 bridgehead atoms. The highest BCUT2D eigenvalue weighted by atomic mass is 16.7. The minimum atomic E-state index is -0.987. The molecule has 3 rings (SSSR count). The molecule has 1 aliphatic rings. The Hall–Kier alpha value is -2.01. The fourth-order valence-electron chi connectivity index (χ4n) is 2.31. The van der Waals surface area contributed by atoms with Crippen molar-refractivity contribution in [2.45, 2.75) is 6.42 Å². The van der Waals surface area contributed by atoms with Crippen LogP contribution in [0.1, 0.15) is 16.9 Å². The largest absolute Gasteiger partial charge is 0.476 e. The van der Waals surface area contributed by atoms with E-state index in [1.54, 1.807) is 6.07 Å². The number of rotatable bonds is 4. The maximum Gasteiger partial charge on any atom is 0.356 e. The van der Waals surface area contributed by atoms with E-state index in [-0.39, 0.29) is 5.69 Å². The predicted molar refractivity (Wildman–Crippen MR) is 69.3 cm³/mol. The standard InChI is InChI=1S/C14H15NO4/c16-14(17)13-7-11-3-1-2-4-12(11)15(13)19-9-10-5-6-18-8-10/h1-4,7,10H,5-6,8-9H2,(H,16,17). The van der Waals surface area contributed by atoms with Gasteiger partial charge >= 0.3 is 5.97 Å². The van der Waals surface area contributed by atoms with Gasteiger partial charge in [-0.1, -0.05) is 18.2 Å². The van der Waals surface area contributed by atoms with Gasteiger partial charge in [0.2, 0.25) is 0 Å². The van der Waals surface area contributed by atoms with Gasteiger partial charge in [-0.15, -0.1) is 0 Å². The Kier molecular flexibility index (Phi) is 3.13. The number of nitrogens with zero attached hydrogens (tertiary/aromatic N) is 1. The number of carboxylic acids is 1. The first-order valence-electron chi connectivity index (χ1n) is 6.30. The molecule has 1 atom stereocenters. The zero-order valence-electron chi connectivity index (χ0n) is 10.4. The third kappa shape index (κ3) is 2.29. The summed E-state index contributed by atoms with van der Waals surface area (Å²) in [6.45, 7) is 1.91. The zero-order valence-corrected chi connectivity index (χ0v) is 10.4. The fourth-order valence-corrected chi connectivity index (χ4v) is 2.31. The number of aromatic nitrogens is 1. The van der Waals surface area contributed by atoms with Crippen molar-refractivity contribution in [2.75, 3.05) is 19.8 Å². The first-order valence-corrected chi connectivity index (χ1v) is 6.30. The van der Waals surface area contributed by atoms with Crippen LogP contribution in [0.4, 0.5) is 0 Å². The zero-order chi connectivity index (χ0) is 13.2. The van der Waals surface area contributed by atoms with Crippen LogP contribution in [0.5, 0.6) is 0 Å². The van der Waals surface area contributed by atoms with E-state index in [1.807, 2.05) is 24.3 Å². The molecule has 1 aromatic carbocycles. The Morgan fingerprint density at radius 2 is 2.32 bits per heavy atom. The SMILES string of the molecule is O=C(O)c1cc2ccccc2n1OCC1CCOC1. The number of carbonyl (C=O) groups is 1. The van der Waals surface area contributed by atoms with Crippen LogP contribution in [0.2, 0.25) is 0 Å². The van der Waals surface area contributed by atoms with Gasteiger partial charge in [0.15, 0.2) is 5.69 Å². The lowest BCUT2D eigenvalue weighted by atomic mass is 10.1. The van der Waals surface area contributed by atoms with Gasteiger partial charge in [0.25, 0.3) is 0 Å². The van der Waals surface area contributed by atoms with Gasteiger partial charge < -0.3 is 14.7 Å². The van der Waals surface area contributed by atoms with Crippen molar-refractivity contribution in [1.82, 2.24) is 4.73 Å². The first kappa shape index (κ1) is 12.0. The molecule has 0 spiro atoms. The molecule has 1 aliphatic heterocycles. The van der Waals surface area contributed by atoms with E-state index in [1.165, 1.54) is 4.73 Å². The van der Waals surface area contributed by atoms with Gasteiger partial charge in [0, 0.05) is 17.9 Å². The van der Waals surface area contributed by atoms with Gasteiger partial charge in [-0.05, 0) is 18.6 Å². The monoisotopic (exact) mass is 261 g/mol. The van der Waals surface area contributed by atoms with E-state index in [2.05, 4.69) is 0 Å². The smallest absolute Gasteiger partial charge is 0.356 e. The summed E-state index contributed by atoms with van der Waals surface area (Å²) in [6.07, 6.45) is 0.960. The molecule has 5 nitrogen and oxygen atoms in total. The third-order valence-corrected chi connectivity index (χ3v) is 3.35. The Morgan fingerprint density at radius 3 is 3.05 bits per heavy atom. The van der Waals surface area contributed by atoms with Crippen LogP contribution in [-0.4, -0.2) is 35.6 Å². The van der Waals surface area contributed by atoms with E-state index >= 15 is 0 Å². The maximum atomic E-state index is 11.3. The number of benzene rings is 1. The van der Waals surface area contributed by atoms with Crippen molar-refractivity contribution in [3.05, 3.63) is 36.0 Å². The van der Waals surface area contributed by atoms with Gasteiger partial charge in [0.05, 0.1) is 12.1 Å². The molecule has 0 amide bonds. The summed E-state index contributed by atoms with van der Waals surface area (Å²) in [5, 5.41) is 10.1. The Balaban J connectivity index is 1.90. The van der Waals surface area contributed by atoms with Crippen molar-refractivity contribution in [2.24, 2.45) is 5.92 Å². The van der Waals surface area contributed by atoms with Crippen LogP contribution in [-0.2, 0) is 4.74 Å². The summed E-state index contributed by atoms with van der Waals surface area (Å²) in [5.74, 6) is -0.651. The van der Waals surface area contributed by atoms with Crippen molar-refractivity contribution in [3.63, 3.8) is 0 Å². The van der Waals surface area contributed by atoms with Crippen molar-refractivity contribution >= 4 is 16.9 Å². The van der Waals surface area contributed by atoms with Crippen LogP contribution in [0.3, 0.4) is 0 Å². The minimum absolute atomic E-state index is 0.153. The average Bonchev–Trinajstić information content (AvgIpc) is 3.03. The Bertz CT molecular complexity index is 599. The summed E-state index contributed by atoms with van der Waals surface area (Å²) in [6, 6.07) is 9.10. The lowest BCUT2D eigenvalue weighted by molar-refractivity contribution is 0.0542. The number of para-hydroxylation sites is 1. The Labute approximate surface area is 110 Å². The first-order chi connectivity index (χ1) is 9.25. The lowest BCUT2D eigenvalue weighted by Crippen LogP contribution is -2.23. The van der Waals surface area contributed by atoms with E-state index in [9.17, 15) is 9.90 Å². The molecule has 2 heterocycles. The molecule has 1 saturated heterocycles. The number of hydrogen-bond donors (Lipinski definition) is 1. The fraction of sp³-hybridized carbons (Fsp3) is 0.357. The normalized spacial score (nSPS) is 18.8. The molecule has 0 saturated carbocycles. The molecule has 2 aromatic rings. The van der Waals surface area contributed by atoms with Crippen LogP contribution in [0.15, 0.2) is 30.3 Å². The van der Waals surface area contributed by atoms with E-state index in [0.717, 1.165) is 23.9 Å². The van der Waals surface area contributed by atoms with E-state index in [4.69, 9.17) is 9.57 Å². The van der Waals surface area contributed by atoms with Crippen LogP contribution in [0, 0.1) is 5.92 Å². The molecule has 1 fully saturated rings. The summed E-state index contributed by atoms with van der Waals surface area (Å²) in [5.41, 5.74) is 0.930. The minimum Gasteiger partial charge on any atom is -0.476 e. The van der Waals surface area contributed by atoms with Crippen LogP contribution < -0.4 is 4.84 Å². The van der Waals surface area contributed by atoms with Crippen molar-refractivity contribution < 1.29 is 19.5 Å². The van der Waals surface area contributed by atoms with Crippen molar-refractivity contribution in [1.29, 1.82) is 0 Å². The molecule has 1 unspecified atom stereocenters.